The fourth-order valence-electron chi connectivity index (χ4n) is 1.48. The molecule has 0 radical (unpaired) electrons. The monoisotopic (exact) mass is 204 g/mol. The number of aromatic nitrogens is 2. The number of hydrogen-bond acceptors (Lipinski definition) is 4. The second-order valence-electron chi connectivity index (χ2n) is 3.44. The molecule has 4 nitrogen and oxygen atoms in total. The number of ether oxygens (including phenoxy) is 1. The van der Waals surface area contributed by atoms with E-state index in [0.717, 1.165) is 12.8 Å². The summed E-state index contributed by atoms with van der Waals surface area (Å²) in [6, 6.07) is 1.63. The molecule has 2 heterocycles. The summed E-state index contributed by atoms with van der Waals surface area (Å²) >= 11 is 0. The Morgan fingerprint density at radius 2 is 2.40 bits per heavy atom. The summed E-state index contributed by atoms with van der Waals surface area (Å²) in [5.41, 5.74) is 1.14. The molecule has 2 rings (SSSR count). The van der Waals surface area contributed by atoms with E-state index < -0.39 is 0 Å². The van der Waals surface area contributed by atoms with Gasteiger partial charge in [-0.2, -0.15) is 0 Å². The molecule has 1 aliphatic heterocycles. The van der Waals surface area contributed by atoms with Crippen molar-refractivity contribution in [2.75, 3.05) is 6.61 Å². The molecule has 1 aromatic heterocycles. The second-order valence-corrected chi connectivity index (χ2v) is 3.44. The van der Waals surface area contributed by atoms with Crippen LogP contribution in [-0.4, -0.2) is 22.4 Å². The average Bonchev–Trinajstić information content (AvgIpc) is 2.29. The van der Waals surface area contributed by atoms with E-state index in [-0.39, 0.29) is 5.78 Å². The first-order valence-electron chi connectivity index (χ1n) is 4.92. The minimum atomic E-state index is -0.0554. The van der Waals surface area contributed by atoms with Crippen LogP contribution in [0.2, 0.25) is 0 Å². The molecule has 1 aliphatic rings. The van der Waals surface area contributed by atoms with Crippen LogP contribution in [0.15, 0.2) is 24.1 Å². The van der Waals surface area contributed by atoms with Crippen molar-refractivity contribution >= 4 is 5.78 Å². The van der Waals surface area contributed by atoms with Gasteiger partial charge in [0.2, 0.25) is 5.78 Å². The maximum atomic E-state index is 11.9. The molecule has 0 aromatic carbocycles. The van der Waals surface area contributed by atoms with Crippen molar-refractivity contribution in [3.8, 4) is 0 Å². The van der Waals surface area contributed by atoms with E-state index >= 15 is 0 Å². The third-order valence-electron chi connectivity index (χ3n) is 2.23. The highest BCUT2D eigenvalue weighted by atomic mass is 16.5. The van der Waals surface area contributed by atoms with Gasteiger partial charge < -0.3 is 4.74 Å². The van der Waals surface area contributed by atoms with Crippen LogP contribution in [0.1, 0.15) is 29.2 Å². The van der Waals surface area contributed by atoms with Gasteiger partial charge in [0.1, 0.15) is 11.5 Å². The number of allylic oxidation sites excluding steroid dienone is 1. The maximum Gasteiger partial charge on any atom is 0.210 e. The smallest absolute Gasteiger partial charge is 0.210 e. The first kappa shape index (κ1) is 9.83. The predicted octanol–water partition coefficient (Wildman–Crippen LogP) is 1.66. The summed E-state index contributed by atoms with van der Waals surface area (Å²) < 4.78 is 5.13. The van der Waals surface area contributed by atoms with E-state index in [9.17, 15) is 4.79 Å². The molecule has 78 valence electrons. The highest BCUT2D eigenvalue weighted by Crippen LogP contribution is 2.16. The molecule has 15 heavy (non-hydrogen) atoms. The van der Waals surface area contributed by atoms with E-state index in [1.165, 1.54) is 0 Å². The molecule has 0 atom stereocenters. The van der Waals surface area contributed by atoms with Gasteiger partial charge in [0.05, 0.1) is 12.9 Å². The van der Waals surface area contributed by atoms with Crippen LogP contribution in [0, 0.1) is 6.92 Å². The van der Waals surface area contributed by atoms with E-state index in [4.69, 9.17) is 4.74 Å². The SMILES string of the molecule is Cc1nccc(C(=O)C2=COCCC2)n1. The van der Waals surface area contributed by atoms with Crippen LogP contribution in [0.5, 0.6) is 0 Å². The Morgan fingerprint density at radius 1 is 1.53 bits per heavy atom. The Bertz CT molecular complexity index is 413. The lowest BCUT2D eigenvalue weighted by Crippen LogP contribution is -2.11. The first-order valence-corrected chi connectivity index (χ1v) is 4.92. The standard InChI is InChI=1S/C11H12N2O2/c1-8-12-5-4-10(13-8)11(14)9-3-2-6-15-7-9/h4-5,7H,2-3,6H2,1H3. The molecule has 0 saturated carbocycles. The first-order chi connectivity index (χ1) is 7.27. The fraction of sp³-hybridized carbons (Fsp3) is 0.364. The number of carbonyl (C=O) groups excluding carboxylic acids is 1. The molecule has 1 aromatic rings. The number of carbonyl (C=O) groups is 1. The van der Waals surface area contributed by atoms with Gasteiger partial charge >= 0.3 is 0 Å². The molecular formula is C11H12N2O2. The van der Waals surface area contributed by atoms with Crippen molar-refractivity contribution in [1.82, 2.24) is 9.97 Å². The quantitative estimate of drug-likeness (QED) is 0.687. The van der Waals surface area contributed by atoms with E-state index in [2.05, 4.69) is 9.97 Å². The molecular weight excluding hydrogens is 192 g/mol. The van der Waals surface area contributed by atoms with Crippen molar-refractivity contribution < 1.29 is 9.53 Å². The zero-order valence-electron chi connectivity index (χ0n) is 8.56. The van der Waals surface area contributed by atoms with Crippen molar-refractivity contribution in [2.24, 2.45) is 0 Å². The zero-order valence-corrected chi connectivity index (χ0v) is 8.56. The third-order valence-corrected chi connectivity index (χ3v) is 2.23. The predicted molar refractivity (Wildman–Crippen MR) is 54.4 cm³/mol. The summed E-state index contributed by atoms with van der Waals surface area (Å²) in [6.07, 6.45) is 4.80. The van der Waals surface area contributed by atoms with Crippen LogP contribution >= 0.6 is 0 Å². The molecule has 0 unspecified atom stereocenters. The fourth-order valence-corrected chi connectivity index (χ4v) is 1.48. The van der Waals surface area contributed by atoms with Crippen molar-refractivity contribution in [2.45, 2.75) is 19.8 Å². The molecule has 0 amide bonds. The normalized spacial score (nSPS) is 15.4. The zero-order chi connectivity index (χ0) is 10.7. The molecule has 0 N–H and O–H groups in total. The second kappa shape index (κ2) is 4.21. The topological polar surface area (TPSA) is 52.1 Å². The van der Waals surface area contributed by atoms with E-state index in [0.29, 0.717) is 23.7 Å². The van der Waals surface area contributed by atoms with Crippen LogP contribution in [0.25, 0.3) is 0 Å². The van der Waals surface area contributed by atoms with Gasteiger partial charge in [-0.3, -0.25) is 4.79 Å². The van der Waals surface area contributed by atoms with E-state index in [1.54, 1.807) is 25.4 Å². The highest BCUT2D eigenvalue weighted by molar-refractivity contribution is 6.07. The van der Waals surface area contributed by atoms with Crippen LogP contribution < -0.4 is 0 Å². The van der Waals surface area contributed by atoms with Gasteiger partial charge in [0, 0.05) is 11.8 Å². The molecule has 0 saturated heterocycles. The Balaban J connectivity index is 2.24. The van der Waals surface area contributed by atoms with Gasteiger partial charge in [0.15, 0.2) is 0 Å². The van der Waals surface area contributed by atoms with Gasteiger partial charge in [-0.25, -0.2) is 9.97 Å². The Labute approximate surface area is 88.0 Å². The van der Waals surface area contributed by atoms with Crippen molar-refractivity contribution in [3.63, 3.8) is 0 Å². The number of nitrogens with zero attached hydrogens (tertiary/aromatic N) is 2. The summed E-state index contributed by atoms with van der Waals surface area (Å²) in [5.74, 6) is 0.554. The lowest BCUT2D eigenvalue weighted by atomic mass is 10.0. The van der Waals surface area contributed by atoms with Crippen LogP contribution in [-0.2, 0) is 4.74 Å². The molecule has 0 fully saturated rings. The lowest BCUT2D eigenvalue weighted by molar-refractivity contribution is 0.100. The van der Waals surface area contributed by atoms with Gasteiger partial charge in [-0.05, 0) is 25.8 Å². The number of rotatable bonds is 2. The Kier molecular flexibility index (Phi) is 2.76. The summed E-state index contributed by atoms with van der Waals surface area (Å²) in [7, 11) is 0. The van der Waals surface area contributed by atoms with Crippen molar-refractivity contribution in [3.05, 3.63) is 35.6 Å². The lowest BCUT2D eigenvalue weighted by Gasteiger charge is -2.12. The molecule has 0 aliphatic carbocycles. The average molecular weight is 204 g/mol. The van der Waals surface area contributed by atoms with Crippen LogP contribution in [0.3, 0.4) is 0 Å². The van der Waals surface area contributed by atoms with Crippen molar-refractivity contribution in [1.29, 1.82) is 0 Å². The summed E-state index contributed by atoms with van der Waals surface area (Å²) in [4.78, 5) is 20.0. The maximum absolute atomic E-state index is 11.9. The molecule has 0 spiro atoms. The summed E-state index contributed by atoms with van der Waals surface area (Å²) in [6.45, 7) is 2.46. The Hall–Kier alpha value is -1.71. The highest BCUT2D eigenvalue weighted by Gasteiger charge is 2.16. The minimum Gasteiger partial charge on any atom is -0.501 e. The van der Waals surface area contributed by atoms with Crippen LogP contribution in [0.4, 0.5) is 0 Å². The van der Waals surface area contributed by atoms with Gasteiger partial charge in [-0.15, -0.1) is 0 Å². The Morgan fingerprint density at radius 3 is 3.07 bits per heavy atom. The molecule has 0 bridgehead atoms. The number of Topliss-reactive ketones (excluding diaryl/α,β-unsaturated/α-hetero) is 1. The third kappa shape index (κ3) is 2.21. The number of hydrogen-bond donors (Lipinski definition) is 0. The molecule has 4 heteroatoms. The van der Waals surface area contributed by atoms with Gasteiger partial charge in [0.25, 0.3) is 0 Å². The number of aryl methyl sites for hydroxylation is 1. The number of ketones is 1. The summed E-state index contributed by atoms with van der Waals surface area (Å²) in [5, 5.41) is 0. The largest absolute Gasteiger partial charge is 0.501 e. The minimum absolute atomic E-state index is 0.0554. The van der Waals surface area contributed by atoms with E-state index in [1.807, 2.05) is 0 Å². The van der Waals surface area contributed by atoms with Gasteiger partial charge in [-0.1, -0.05) is 0 Å².